The summed E-state index contributed by atoms with van der Waals surface area (Å²) in [5.74, 6) is -0.195. The highest BCUT2D eigenvalue weighted by Gasteiger charge is 2.19. The van der Waals surface area contributed by atoms with Crippen LogP contribution in [0.15, 0.2) is 51.5 Å². The van der Waals surface area contributed by atoms with Gasteiger partial charge in [-0.25, -0.2) is 0 Å². The van der Waals surface area contributed by atoms with Gasteiger partial charge >= 0.3 is 0 Å². The van der Waals surface area contributed by atoms with Crippen LogP contribution >= 0.6 is 11.6 Å². The van der Waals surface area contributed by atoms with Crippen LogP contribution in [0, 0.1) is 18.4 Å². The molecule has 0 unspecified atom stereocenters. The molecule has 0 spiro atoms. The fraction of sp³-hybridized carbons (Fsp3) is 0.0588. The summed E-state index contributed by atoms with van der Waals surface area (Å²) in [6.07, 6.45) is 1.65. The van der Waals surface area contributed by atoms with E-state index in [9.17, 15) is 13.0 Å². The molecule has 1 aromatic heterocycles. The number of azo groups is 1. The van der Waals surface area contributed by atoms with Crippen molar-refractivity contribution in [3.05, 3.63) is 47.2 Å². The van der Waals surface area contributed by atoms with E-state index in [2.05, 4.69) is 35.8 Å². The summed E-state index contributed by atoms with van der Waals surface area (Å²) >= 11 is 5.83. The normalized spacial score (nSPS) is 11.3. The molecule has 5 N–H and O–H groups in total. The maximum atomic E-state index is 11.6. The van der Waals surface area contributed by atoms with Crippen LogP contribution in [0.4, 0.5) is 34.6 Å². The number of aryl methyl sites for hydroxylation is 1. The highest BCUT2D eigenvalue weighted by atomic mass is 35.5. The lowest BCUT2D eigenvalue weighted by Crippen LogP contribution is -2.06. The fourth-order valence-corrected chi connectivity index (χ4v) is 3.12. The van der Waals surface area contributed by atoms with E-state index < -0.39 is 15.0 Å². The minimum atomic E-state index is -4.62. The molecular formula is C17H14ClN9O3S. The largest absolute Gasteiger partial charge is 0.398 e. The molecule has 0 aliphatic carbocycles. The molecule has 0 saturated carbocycles. The minimum absolute atomic E-state index is 0.00808. The molecule has 14 heteroatoms. The second-order valence-electron chi connectivity index (χ2n) is 6.03. The summed E-state index contributed by atoms with van der Waals surface area (Å²) in [6.45, 7) is 1.91. The Morgan fingerprint density at radius 1 is 1.13 bits per heavy atom. The molecule has 158 valence electrons. The van der Waals surface area contributed by atoms with Gasteiger partial charge in [-0.2, -0.15) is 33.7 Å². The summed E-state index contributed by atoms with van der Waals surface area (Å²) < 4.78 is 32.7. The molecule has 0 atom stereocenters. The predicted molar refractivity (Wildman–Crippen MR) is 113 cm³/mol. The van der Waals surface area contributed by atoms with E-state index >= 15 is 0 Å². The van der Waals surface area contributed by atoms with Gasteiger partial charge in [-0.1, -0.05) is 17.7 Å². The number of nitrogens with one attached hydrogen (secondary N) is 2. The smallest absolute Gasteiger partial charge is 0.296 e. The van der Waals surface area contributed by atoms with Crippen LogP contribution in [-0.4, -0.2) is 27.9 Å². The predicted octanol–water partition coefficient (Wildman–Crippen LogP) is 3.71. The summed E-state index contributed by atoms with van der Waals surface area (Å²) in [4.78, 5) is 11.0. The lowest BCUT2D eigenvalue weighted by molar-refractivity contribution is 0.483. The number of nitrogens with zero attached hydrogens (tertiary/aromatic N) is 6. The Balaban J connectivity index is 2.07. The van der Waals surface area contributed by atoms with Crippen LogP contribution in [0.2, 0.25) is 5.28 Å². The standard InChI is InChI=1S/C17H14ClN9O3S/c1-9-2-4-10(5-3-9)26-27-13-7-14(31(28,29)30)11(20)6-12(13)22-17-24-15(18)23-16(25-17)21-8-19/h2-7H,20H2,1H3,(H,28,29,30)(H2,21,22,23,24,25). The Labute approximate surface area is 181 Å². The Morgan fingerprint density at radius 2 is 1.81 bits per heavy atom. The molecule has 3 aromatic rings. The molecule has 2 aromatic carbocycles. The zero-order valence-electron chi connectivity index (χ0n) is 15.8. The molecular weight excluding hydrogens is 446 g/mol. The number of benzene rings is 2. The van der Waals surface area contributed by atoms with Gasteiger partial charge in [0.25, 0.3) is 10.1 Å². The average molecular weight is 460 g/mol. The zero-order valence-corrected chi connectivity index (χ0v) is 17.3. The van der Waals surface area contributed by atoms with Gasteiger partial charge < -0.3 is 11.1 Å². The Kier molecular flexibility index (Phi) is 6.25. The van der Waals surface area contributed by atoms with Gasteiger partial charge in [0, 0.05) is 0 Å². The Bertz CT molecular complexity index is 1310. The van der Waals surface area contributed by atoms with E-state index in [0.717, 1.165) is 11.6 Å². The van der Waals surface area contributed by atoms with Gasteiger partial charge in [0.05, 0.1) is 17.1 Å². The Hall–Kier alpha value is -3.86. The van der Waals surface area contributed by atoms with Crippen molar-refractivity contribution in [2.45, 2.75) is 11.8 Å². The molecule has 31 heavy (non-hydrogen) atoms. The number of nitrogens with two attached hydrogens (primary N) is 1. The number of hydrogen-bond donors (Lipinski definition) is 4. The number of hydrogen-bond acceptors (Lipinski definition) is 11. The van der Waals surface area contributed by atoms with Gasteiger partial charge in [0.1, 0.15) is 10.6 Å². The number of halogens is 1. The maximum Gasteiger partial charge on any atom is 0.296 e. The molecule has 0 amide bonds. The highest BCUT2D eigenvalue weighted by molar-refractivity contribution is 7.86. The average Bonchev–Trinajstić information content (AvgIpc) is 2.67. The van der Waals surface area contributed by atoms with Crippen LogP contribution in [0.3, 0.4) is 0 Å². The van der Waals surface area contributed by atoms with E-state index in [1.165, 1.54) is 6.07 Å². The third-order valence-electron chi connectivity index (χ3n) is 3.74. The maximum absolute atomic E-state index is 11.6. The molecule has 0 aliphatic rings. The third-order valence-corrected chi connectivity index (χ3v) is 4.81. The van der Waals surface area contributed by atoms with E-state index in [-0.39, 0.29) is 34.2 Å². The molecule has 1 heterocycles. The molecule has 0 radical (unpaired) electrons. The van der Waals surface area contributed by atoms with E-state index in [1.807, 2.05) is 19.1 Å². The first kappa shape index (κ1) is 21.8. The van der Waals surface area contributed by atoms with Crippen molar-refractivity contribution < 1.29 is 13.0 Å². The number of rotatable bonds is 6. The quantitative estimate of drug-likeness (QED) is 0.139. The van der Waals surface area contributed by atoms with Crippen molar-refractivity contribution in [2.24, 2.45) is 10.2 Å². The van der Waals surface area contributed by atoms with E-state index in [4.69, 9.17) is 22.6 Å². The van der Waals surface area contributed by atoms with Gasteiger partial charge in [-0.05, 0) is 42.8 Å². The molecule has 0 fully saturated rings. The van der Waals surface area contributed by atoms with Crippen molar-refractivity contribution in [3.8, 4) is 6.19 Å². The van der Waals surface area contributed by atoms with Crippen LogP contribution < -0.4 is 16.4 Å². The van der Waals surface area contributed by atoms with Gasteiger partial charge in [-0.15, -0.1) is 5.11 Å². The zero-order chi connectivity index (χ0) is 22.6. The van der Waals surface area contributed by atoms with Crippen molar-refractivity contribution in [1.29, 1.82) is 5.26 Å². The van der Waals surface area contributed by atoms with Crippen LogP contribution in [-0.2, 0) is 10.1 Å². The van der Waals surface area contributed by atoms with Gasteiger partial charge in [0.15, 0.2) is 6.19 Å². The van der Waals surface area contributed by atoms with Crippen LogP contribution in [0.25, 0.3) is 0 Å². The molecule has 0 aliphatic heterocycles. The fourth-order valence-electron chi connectivity index (χ4n) is 2.35. The summed E-state index contributed by atoms with van der Waals surface area (Å²) in [5.41, 5.74) is 7.22. The topological polar surface area (TPSA) is 192 Å². The minimum Gasteiger partial charge on any atom is -0.398 e. The number of nitriles is 1. The second-order valence-corrected chi connectivity index (χ2v) is 7.76. The molecule has 3 rings (SSSR count). The van der Waals surface area contributed by atoms with E-state index in [0.29, 0.717) is 5.69 Å². The third kappa shape index (κ3) is 5.60. The summed E-state index contributed by atoms with van der Waals surface area (Å²) in [6, 6.07) is 9.36. The SMILES string of the molecule is Cc1ccc(N=Nc2cc(S(=O)(=O)O)c(N)cc2Nc2nc(Cl)nc(NC#N)n2)cc1. The summed E-state index contributed by atoms with van der Waals surface area (Å²) in [7, 11) is -4.62. The highest BCUT2D eigenvalue weighted by Crippen LogP contribution is 2.35. The lowest BCUT2D eigenvalue weighted by atomic mass is 10.2. The number of nitrogen functional groups attached to an aromatic ring is 1. The van der Waals surface area contributed by atoms with Crippen molar-refractivity contribution >= 4 is 56.4 Å². The van der Waals surface area contributed by atoms with Crippen molar-refractivity contribution in [1.82, 2.24) is 15.0 Å². The molecule has 0 saturated heterocycles. The Morgan fingerprint density at radius 3 is 2.45 bits per heavy atom. The first-order valence-corrected chi connectivity index (χ1v) is 10.2. The van der Waals surface area contributed by atoms with Crippen LogP contribution in [0.1, 0.15) is 5.56 Å². The lowest BCUT2D eigenvalue weighted by Gasteiger charge is -2.11. The van der Waals surface area contributed by atoms with Crippen molar-refractivity contribution in [3.63, 3.8) is 0 Å². The molecule has 12 nitrogen and oxygen atoms in total. The first-order chi connectivity index (χ1) is 14.7. The second kappa shape index (κ2) is 8.88. The first-order valence-electron chi connectivity index (χ1n) is 8.39. The van der Waals surface area contributed by atoms with Gasteiger partial charge in [0.2, 0.25) is 17.2 Å². The summed E-state index contributed by atoms with van der Waals surface area (Å²) in [5, 5.41) is 21.6. The van der Waals surface area contributed by atoms with E-state index in [1.54, 1.807) is 18.3 Å². The number of anilines is 4. The number of aromatic nitrogens is 3. The molecule has 0 bridgehead atoms. The van der Waals surface area contributed by atoms with Gasteiger partial charge in [-0.3, -0.25) is 9.87 Å². The van der Waals surface area contributed by atoms with Crippen molar-refractivity contribution in [2.75, 3.05) is 16.4 Å². The van der Waals surface area contributed by atoms with Crippen LogP contribution in [0.5, 0.6) is 0 Å². The monoisotopic (exact) mass is 459 g/mol.